The highest BCUT2D eigenvalue weighted by molar-refractivity contribution is 5.76. The highest BCUT2D eigenvalue weighted by atomic mass is 16.5. The first-order chi connectivity index (χ1) is 12.3. The summed E-state index contributed by atoms with van der Waals surface area (Å²) in [6.45, 7) is 2.65. The van der Waals surface area contributed by atoms with Crippen LogP contribution in [0.25, 0.3) is 11.2 Å². The molecule has 25 heavy (non-hydrogen) atoms. The maximum atomic E-state index is 9.44. The lowest BCUT2D eigenvalue weighted by molar-refractivity contribution is -0.0334. The van der Waals surface area contributed by atoms with Gasteiger partial charge in [-0.15, -0.1) is 0 Å². The van der Waals surface area contributed by atoms with Crippen molar-refractivity contribution in [2.24, 2.45) is 5.92 Å². The van der Waals surface area contributed by atoms with Crippen LogP contribution >= 0.6 is 0 Å². The van der Waals surface area contributed by atoms with E-state index in [1.54, 1.807) is 6.33 Å². The maximum Gasteiger partial charge on any atom is 0.245 e. The van der Waals surface area contributed by atoms with Crippen LogP contribution in [-0.2, 0) is 4.74 Å². The molecule has 2 aromatic heterocycles. The summed E-state index contributed by atoms with van der Waals surface area (Å²) < 4.78 is 13.4. The molecule has 1 saturated heterocycles. The molecule has 0 saturated carbocycles. The summed E-state index contributed by atoms with van der Waals surface area (Å²) in [6, 6.07) is 0. The third-order valence-electron chi connectivity index (χ3n) is 4.65. The molecule has 138 valence electrons. The molecule has 3 heterocycles. The van der Waals surface area contributed by atoms with Crippen LogP contribution in [0.1, 0.15) is 45.3 Å². The van der Waals surface area contributed by atoms with Gasteiger partial charge in [-0.1, -0.05) is 26.2 Å². The van der Waals surface area contributed by atoms with E-state index in [9.17, 15) is 10.2 Å². The molecule has 3 rings (SSSR count). The van der Waals surface area contributed by atoms with Crippen LogP contribution in [0.15, 0.2) is 12.7 Å². The molecule has 0 unspecified atom stereocenters. The summed E-state index contributed by atoms with van der Waals surface area (Å²) in [4.78, 5) is 12.9. The number of fused-ring (bicyclic) bond motifs is 1. The van der Waals surface area contributed by atoms with Gasteiger partial charge in [0, 0.05) is 18.9 Å². The number of hydrogen-bond acceptors (Lipinski definition) is 7. The van der Waals surface area contributed by atoms with E-state index in [1.807, 2.05) is 4.57 Å². The number of imidazole rings is 1. The first kappa shape index (κ1) is 18.0. The van der Waals surface area contributed by atoms with E-state index in [2.05, 4.69) is 21.9 Å². The minimum atomic E-state index is -0.372. The summed E-state index contributed by atoms with van der Waals surface area (Å²) in [5.41, 5.74) is 1.24. The molecule has 0 aliphatic carbocycles. The second kappa shape index (κ2) is 8.55. The molecule has 0 radical (unpaired) electrons. The summed E-state index contributed by atoms with van der Waals surface area (Å²) in [5.74, 6) is 0.388. The average Bonchev–Trinajstić information content (AvgIpc) is 3.25. The summed E-state index contributed by atoms with van der Waals surface area (Å²) in [7, 11) is 0. The predicted octanol–water partition coefficient (Wildman–Crippen LogP) is 1.67. The highest BCUT2D eigenvalue weighted by Gasteiger charge is 2.36. The monoisotopic (exact) mass is 350 g/mol. The van der Waals surface area contributed by atoms with Crippen molar-refractivity contribution < 1.29 is 19.7 Å². The molecule has 0 amide bonds. The molecule has 8 heteroatoms. The van der Waals surface area contributed by atoms with Gasteiger partial charge in [0.15, 0.2) is 11.2 Å². The van der Waals surface area contributed by atoms with E-state index in [1.165, 1.54) is 19.2 Å². The third kappa shape index (κ3) is 3.91. The maximum absolute atomic E-state index is 9.44. The zero-order valence-electron chi connectivity index (χ0n) is 14.5. The standard InChI is InChI=1S/C17H26N4O4/c1-2-3-4-5-6-24-17-15-16(18-10-19-17)21(11-20-15)14-7-12(8-22)13(9-23)25-14/h10-14,22-23H,2-9H2,1H3/t12-,13-,14+/m1/s1. The lowest BCUT2D eigenvalue weighted by Crippen LogP contribution is -2.23. The Hall–Kier alpha value is -1.77. The SMILES string of the molecule is CCCCCCOc1ncnc2c1ncn2[C@@H]1C[C@H](CO)[C@@H](CO)O1. The van der Waals surface area contributed by atoms with Crippen LogP contribution in [0.4, 0.5) is 0 Å². The minimum Gasteiger partial charge on any atom is -0.476 e. The second-order valence-electron chi connectivity index (χ2n) is 6.40. The van der Waals surface area contributed by atoms with Crippen molar-refractivity contribution in [3.63, 3.8) is 0 Å². The molecule has 0 spiro atoms. The van der Waals surface area contributed by atoms with Gasteiger partial charge in [0.25, 0.3) is 0 Å². The van der Waals surface area contributed by atoms with Gasteiger partial charge in [0.1, 0.15) is 12.6 Å². The van der Waals surface area contributed by atoms with Gasteiger partial charge >= 0.3 is 0 Å². The Morgan fingerprint density at radius 3 is 2.80 bits per heavy atom. The van der Waals surface area contributed by atoms with E-state index < -0.39 is 0 Å². The normalized spacial score (nSPS) is 23.4. The molecular formula is C17H26N4O4. The van der Waals surface area contributed by atoms with Gasteiger partial charge in [-0.2, -0.15) is 4.98 Å². The lowest BCUT2D eigenvalue weighted by Gasteiger charge is -2.14. The first-order valence-corrected chi connectivity index (χ1v) is 8.96. The van der Waals surface area contributed by atoms with E-state index in [4.69, 9.17) is 9.47 Å². The van der Waals surface area contributed by atoms with Crippen molar-refractivity contribution in [2.45, 2.75) is 51.4 Å². The van der Waals surface area contributed by atoms with Crippen molar-refractivity contribution in [2.75, 3.05) is 19.8 Å². The number of unbranched alkanes of at least 4 members (excludes halogenated alkanes) is 3. The van der Waals surface area contributed by atoms with Crippen LogP contribution in [0.5, 0.6) is 5.88 Å². The third-order valence-corrected chi connectivity index (χ3v) is 4.65. The van der Waals surface area contributed by atoms with Crippen LogP contribution in [0, 0.1) is 5.92 Å². The van der Waals surface area contributed by atoms with Crippen molar-refractivity contribution in [3.8, 4) is 5.88 Å². The molecular weight excluding hydrogens is 324 g/mol. The fraction of sp³-hybridized carbons (Fsp3) is 0.706. The molecule has 3 atom stereocenters. The second-order valence-corrected chi connectivity index (χ2v) is 6.40. The quantitative estimate of drug-likeness (QED) is 0.663. The average molecular weight is 350 g/mol. The fourth-order valence-electron chi connectivity index (χ4n) is 3.19. The highest BCUT2D eigenvalue weighted by Crippen LogP contribution is 2.35. The van der Waals surface area contributed by atoms with E-state index in [0.717, 1.165) is 12.8 Å². The number of aromatic nitrogens is 4. The molecule has 2 N–H and O–H groups in total. The number of hydrogen-bond donors (Lipinski definition) is 2. The Labute approximate surface area is 146 Å². The van der Waals surface area contributed by atoms with Crippen molar-refractivity contribution in [1.29, 1.82) is 0 Å². The van der Waals surface area contributed by atoms with Crippen molar-refractivity contribution in [3.05, 3.63) is 12.7 Å². The Morgan fingerprint density at radius 2 is 2.08 bits per heavy atom. The molecule has 0 aromatic carbocycles. The van der Waals surface area contributed by atoms with Crippen LogP contribution in [0.2, 0.25) is 0 Å². The van der Waals surface area contributed by atoms with E-state index in [0.29, 0.717) is 30.1 Å². The van der Waals surface area contributed by atoms with Crippen LogP contribution < -0.4 is 4.74 Å². The zero-order valence-corrected chi connectivity index (χ0v) is 14.5. The minimum absolute atomic E-state index is 0.0184. The Morgan fingerprint density at radius 1 is 1.20 bits per heavy atom. The van der Waals surface area contributed by atoms with Gasteiger partial charge in [-0.05, 0) is 6.42 Å². The Kier molecular flexibility index (Phi) is 6.17. The van der Waals surface area contributed by atoms with Crippen molar-refractivity contribution in [1.82, 2.24) is 19.5 Å². The van der Waals surface area contributed by atoms with Gasteiger partial charge in [0.2, 0.25) is 5.88 Å². The number of rotatable bonds is 9. The molecule has 8 nitrogen and oxygen atoms in total. The van der Waals surface area contributed by atoms with Crippen LogP contribution in [-0.4, -0.2) is 55.7 Å². The Bertz CT molecular complexity index is 666. The zero-order chi connectivity index (χ0) is 17.6. The summed E-state index contributed by atoms with van der Waals surface area (Å²) in [5, 5.41) is 18.8. The summed E-state index contributed by atoms with van der Waals surface area (Å²) >= 11 is 0. The van der Waals surface area contributed by atoms with E-state index in [-0.39, 0.29) is 31.5 Å². The van der Waals surface area contributed by atoms with Gasteiger partial charge in [0.05, 0.1) is 25.6 Å². The molecule has 1 fully saturated rings. The molecule has 1 aliphatic heterocycles. The molecule has 1 aliphatic rings. The fourth-order valence-corrected chi connectivity index (χ4v) is 3.19. The number of aliphatic hydroxyl groups excluding tert-OH is 2. The van der Waals surface area contributed by atoms with Gasteiger partial charge < -0.3 is 19.7 Å². The number of nitrogens with zero attached hydrogens (tertiary/aromatic N) is 4. The summed E-state index contributed by atoms with van der Waals surface area (Å²) in [6.07, 6.45) is 7.55. The smallest absolute Gasteiger partial charge is 0.245 e. The predicted molar refractivity (Wildman–Crippen MR) is 91.1 cm³/mol. The van der Waals surface area contributed by atoms with E-state index >= 15 is 0 Å². The number of ether oxygens (including phenoxy) is 2. The van der Waals surface area contributed by atoms with Gasteiger partial charge in [-0.3, -0.25) is 4.57 Å². The lowest BCUT2D eigenvalue weighted by atomic mass is 10.0. The van der Waals surface area contributed by atoms with Crippen LogP contribution in [0.3, 0.4) is 0 Å². The Balaban J connectivity index is 1.73. The van der Waals surface area contributed by atoms with Crippen molar-refractivity contribution >= 4 is 11.2 Å². The largest absolute Gasteiger partial charge is 0.476 e. The first-order valence-electron chi connectivity index (χ1n) is 8.96. The topological polar surface area (TPSA) is 103 Å². The van der Waals surface area contributed by atoms with Gasteiger partial charge in [-0.25, -0.2) is 9.97 Å². The molecule has 0 bridgehead atoms. The molecule has 2 aromatic rings. The number of aliphatic hydroxyl groups is 2.